The zero-order valence-electron chi connectivity index (χ0n) is 12.6. The number of rotatable bonds is 6. The molecule has 0 fully saturated rings. The monoisotopic (exact) mass is 274 g/mol. The summed E-state index contributed by atoms with van der Waals surface area (Å²) in [7, 11) is 3.35. The molecule has 0 radical (unpaired) electrons. The van der Waals surface area contributed by atoms with Gasteiger partial charge in [-0.15, -0.1) is 0 Å². The topological polar surface area (TPSA) is 43.4 Å². The quantitative estimate of drug-likeness (QED) is 0.875. The lowest BCUT2D eigenvalue weighted by Gasteiger charge is -2.15. The summed E-state index contributed by atoms with van der Waals surface area (Å²) >= 11 is 0. The van der Waals surface area contributed by atoms with Crippen LogP contribution in [-0.4, -0.2) is 25.7 Å². The Morgan fingerprint density at radius 3 is 2.70 bits per heavy atom. The number of fused-ring (bicyclic) bond motifs is 1. The van der Waals surface area contributed by atoms with Gasteiger partial charge < -0.3 is 14.8 Å². The minimum atomic E-state index is 0.494. The second-order valence-electron chi connectivity index (χ2n) is 4.83. The average molecular weight is 274 g/mol. The number of nitrogens with zero attached hydrogens (tertiary/aromatic N) is 1. The zero-order chi connectivity index (χ0) is 14.5. The Balaban J connectivity index is 2.65. The predicted molar refractivity (Wildman–Crippen MR) is 82.5 cm³/mol. The number of aromatic nitrogens is 1. The average Bonchev–Trinajstić information content (AvgIpc) is 2.45. The summed E-state index contributed by atoms with van der Waals surface area (Å²) < 4.78 is 10.7. The molecular formula is C16H22N2O2. The van der Waals surface area contributed by atoms with Crippen molar-refractivity contribution in [2.24, 2.45) is 0 Å². The third-order valence-corrected chi connectivity index (χ3v) is 3.26. The maximum Gasteiger partial charge on any atom is 0.145 e. The van der Waals surface area contributed by atoms with Crippen LogP contribution in [0.4, 0.5) is 5.69 Å². The molecule has 2 rings (SSSR count). The Morgan fingerprint density at radius 2 is 2.05 bits per heavy atom. The molecule has 1 N–H and O–H groups in total. The van der Waals surface area contributed by atoms with E-state index >= 15 is 0 Å². The molecule has 0 aliphatic carbocycles. The van der Waals surface area contributed by atoms with E-state index in [1.165, 1.54) is 5.56 Å². The Kier molecular flexibility index (Phi) is 4.79. The molecule has 0 aliphatic heterocycles. The molecule has 20 heavy (non-hydrogen) atoms. The summed E-state index contributed by atoms with van der Waals surface area (Å²) in [4.78, 5) is 4.68. The van der Waals surface area contributed by atoms with Gasteiger partial charge in [-0.3, -0.25) is 0 Å². The van der Waals surface area contributed by atoms with Gasteiger partial charge >= 0.3 is 0 Å². The molecule has 1 heterocycles. The molecule has 0 atom stereocenters. The highest BCUT2D eigenvalue weighted by molar-refractivity contribution is 5.97. The van der Waals surface area contributed by atoms with Crippen molar-refractivity contribution in [3.05, 3.63) is 29.5 Å². The number of methoxy groups -OCH3 is 2. The molecule has 0 saturated heterocycles. The van der Waals surface area contributed by atoms with Crippen molar-refractivity contribution in [3.8, 4) is 5.75 Å². The van der Waals surface area contributed by atoms with Crippen LogP contribution < -0.4 is 10.1 Å². The molecule has 0 aliphatic rings. The molecule has 2 aromatic rings. The van der Waals surface area contributed by atoms with Crippen LogP contribution in [0.1, 0.15) is 24.6 Å². The molecule has 0 saturated carbocycles. The molecule has 0 spiro atoms. The fourth-order valence-corrected chi connectivity index (χ4v) is 2.32. The first-order valence-electron chi connectivity index (χ1n) is 6.91. The lowest BCUT2D eigenvalue weighted by molar-refractivity contribution is 0.182. The van der Waals surface area contributed by atoms with Gasteiger partial charge in [-0.05, 0) is 31.0 Å². The van der Waals surface area contributed by atoms with Crippen LogP contribution in [0, 0.1) is 6.92 Å². The van der Waals surface area contributed by atoms with Gasteiger partial charge in [0.15, 0.2) is 0 Å². The second kappa shape index (κ2) is 6.57. The van der Waals surface area contributed by atoms with Crippen LogP contribution in [0.3, 0.4) is 0 Å². The Hall–Kier alpha value is -1.81. The fraction of sp³-hybridized carbons (Fsp3) is 0.438. The van der Waals surface area contributed by atoms with Gasteiger partial charge in [0.25, 0.3) is 0 Å². The number of aryl methyl sites for hydroxylation is 1. The Morgan fingerprint density at radius 1 is 1.25 bits per heavy atom. The van der Waals surface area contributed by atoms with Crippen molar-refractivity contribution in [2.45, 2.75) is 26.9 Å². The molecule has 4 nitrogen and oxygen atoms in total. The third kappa shape index (κ3) is 2.85. The number of benzene rings is 1. The summed E-state index contributed by atoms with van der Waals surface area (Å²) in [5.74, 6) is 0.795. The number of ether oxygens (including phenoxy) is 2. The van der Waals surface area contributed by atoms with E-state index in [-0.39, 0.29) is 0 Å². The van der Waals surface area contributed by atoms with Crippen molar-refractivity contribution >= 4 is 16.6 Å². The largest absolute Gasteiger partial charge is 0.494 e. The van der Waals surface area contributed by atoms with Crippen LogP contribution in [0.5, 0.6) is 5.75 Å². The lowest BCUT2D eigenvalue weighted by atomic mass is 10.1. The van der Waals surface area contributed by atoms with Crippen molar-refractivity contribution in [3.63, 3.8) is 0 Å². The number of hydrogen-bond donors (Lipinski definition) is 1. The maximum atomic E-state index is 5.44. The molecule has 0 unspecified atom stereocenters. The first kappa shape index (κ1) is 14.6. The van der Waals surface area contributed by atoms with Gasteiger partial charge in [0, 0.05) is 24.7 Å². The van der Waals surface area contributed by atoms with Gasteiger partial charge in [-0.25, -0.2) is 4.98 Å². The maximum absolute atomic E-state index is 5.44. The SMILES string of the molecule is CCCNc1cc(COC)nc2c(OC)ccc(C)c12. The van der Waals surface area contributed by atoms with Crippen LogP contribution >= 0.6 is 0 Å². The van der Waals surface area contributed by atoms with Crippen molar-refractivity contribution in [1.82, 2.24) is 4.98 Å². The number of pyridine rings is 1. The van der Waals surface area contributed by atoms with E-state index in [9.17, 15) is 0 Å². The normalized spacial score (nSPS) is 10.8. The molecule has 1 aromatic carbocycles. The highest BCUT2D eigenvalue weighted by Gasteiger charge is 2.12. The van der Waals surface area contributed by atoms with Crippen LogP contribution in [0.15, 0.2) is 18.2 Å². The van der Waals surface area contributed by atoms with Gasteiger partial charge in [0.1, 0.15) is 11.3 Å². The summed E-state index contributed by atoms with van der Waals surface area (Å²) in [5, 5.41) is 4.60. The summed E-state index contributed by atoms with van der Waals surface area (Å²) in [6.07, 6.45) is 1.08. The lowest BCUT2D eigenvalue weighted by Crippen LogP contribution is -2.04. The summed E-state index contributed by atoms with van der Waals surface area (Å²) in [6, 6.07) is 6.09. The number of anilines is 1. The minimum Gasteiger partial charge on any atom is -0.494 e. The number of hydrogen-bond acceptors (Lipinski definition) is 4. The van der Waals surface area contributed by atoms with Gasteiger partial charge in [0.05, 0.1) is 19.4 Å². The van der Waals surface area contributed by atoms with Gasteiger partial charge in [0.2, 0.25) is 0 Å². The molecular weight excluding hydrogens is 252 g/mol. The molecule has 1 aromatic heterocycles. The van der Waals surface area contributed by atoms with E-state index in [0.717, 1.165) is 41.0 Å². The van der Waals surface area contributed by atoms with E-state index in [4.69, 9.17) is 9.47 Å². The first-order valence-corrected chi connectivity index (χ1v) is 6.91. The Labute approximate surface area is 120 Å². The van der Waals surface area contributed by atoms with Crippen LogP contribution in [-0.2, 0) is 11.3 Å². The van der Waals surface area contributed by atoms with E-state index in [1.54, 1.807) is 14.2 Å². The van der Waals surface area contributed by atoms with Gasteiger partial charge in [-0.2, -0.15) is 0 Å². The smallest absolute Gasteiger partial charge is 0.145 e. The zero-order valence-corrected chi connectivity index (χ0v) is 12.6. The minimum absolute atomic E-state index is 0.494. The standard InChI is InChI=1S/C16H22N2O2/c1-5-8-17-13-9-12(10-19-3)18-16-14(20-4)7-6-11(2)15(13)16/h6-7,9H,5,8,10H2,1-4H3,(H,17,18). The van der Waals surface area contributed by atoms with Crippen molar-refractivity contribution in [2.75, 3.05) is 26.1 Å². The molecule has 4 heteroatoms. The summed E-state index contributed by atoms with van der Waals surface area (Å²) in [6.45, 7) is 5.67. The highest BCUT2D eigenvalue weighted by Crippen LogP contribution is 2.33. The van der Waals surface area contributed by atoms with Crippen molar-refractivity contribution in [1.29, 1.82) is 0 Å². The molecule has 0 amide bonds. The predicted octanol–water partition coefficient (Wildman–Crippen LogP) is 3.52. The van der Waals surface area contributed by atoms with Crippen LogP contribution in [0.2, 0.25) is 0 Å². The molecule has 0 bridgehead atoms. The van der Waals surface area contributed by atoms with E-state index in [2.05, 4.69) is 36.3 Å². The van der Waals surface area contributed by atoms with E-state index < -0.39 is 0 Å². The van der Waals surface area contributed by atoms with Gasteiger partial charge in [-0.1, -0.05) is 13.0 Å². The van der Waals surface area contributed by atoms with E-state index in [0.29, 0.717) is 6.61 Å². The van der Waals surface area contributed by atoms with Crippen molar-refractivity contribution < 1.29 is 9.47 Å². The van der Waals surface area contributed by atoms with E-state index in [1.807, 2.05) is 6.07 Å². The highest BCUT2D eigenvalue weighted by atomic mass is 16.5. The fourth-order valence-electron chi connectivity index (χ4n) is 2.32. The first-order chi connectivity index (χ1) is 9.71. The molecule has 108 valence electrons. The Bertz CT molecular complexity index is 597. The number of nitrogens with one attached hydrogen (secondary N) is 1. The summed E-state index contributed by atoms with van der Waals surface area (Å²) in [5.41, 5.74) is 4.08. The second-order valence-corrected chi connectivity index (χ2v) is 4.83. The van der Waals surface area contributed by atoms with Crippen LogP contribution in [0.25, 0.3) is 10.9 Å². The third-order valence-electron chi connectivity index (χ3n) is 3.26.